The van der Waals surface area contributed by atoms with Crippen LogP contribution in [0.2, 0.25) is 0 Å². The quantitative estimate of drug-likeness (QED) is 0.764. The molecule has 156 valence electrons. The van der Waals surface area contributed by atoms with Crippen LogP contribution in [-0.2, 0) is 17.8 Å². The zero-order valence-electron chi connectivity index (χ0n) is 17.8. The fraction of sp³-hybridized carbons (Fsp3) is 0.391. The van der Waals surface area contributed by atoms with Gasteiger partial charge in [-0.3, -0.25) is 9.69 Å². The van der Waals surface area contributed by atoms with E-state index in [1.807, 2.05) is 54.6 Å². The molecule has 2 rings (SSSR count). The lowest BCUT2D eigenvalue weighted by Gasteiger charge is -2.39. The summed E-state index contributed by atoms with van der Waals surface area (Å²) in [6, 6.07) is 16.5. The van der Waals surface area contributed by atoms with E-state index in [0.717, 1.165) is 16.9 Å². The Morgan fingerprint density at radius 1 is 0.966 bits per heavy atom. The minimum absolute atomic E-state index is 0.244. The molecule has 0 aromatic heterocycles. The van der Waals surface area contributed by atoms with E-state index in [2.05, 4.69) is 0 Å². The maximum absolute atomic E-state index is 12.8. The third-order valence-corrected chi connectivity index (χ3v) is 4.57. The lowest BCUT2D eigenvalue weighted by atomic mass is 9.97. The molecule has 0 radical (unpaired) electrons. The van der Waals surface area contributed by atoms with Gasteiger partial charge in [-0.25, -0.2) is 4.79 Å². The highest BCUT2D eigenvalue weighted by atomic mass is 16.5. The molecule has 0 bridgehead atoms. The van der Waals surface area contributed by atoms with Crippen LogP contribution >= 0.6 is 0 Å². The van der Waals surface area contributed by atoms with Crippen LogP contribution < -0.4 is 4.74 Å². The van der Waals surface area contributed by atoms with Crippen molar-refractivity contribution in [2.45, 2.75) is 45.4 Å². The summed E-state index contributed by atoms with van der Waals surface area (Å²) in [6.45, 7) is 5.84. The van der Waals surface area contributed by atoms with Gasteiger partial charge in [0, 0.05) is 26.1 Å². The minimum Gasteiger partial charge on any atom is -0.489 e. The maximum atomic E-state index is 12.8. The number of carboxylic acid groups (broad SMARTS) is 1. The standard InChI is InChI=1S/C23H30N2O4/c1-23(2,3)25(22(27)28)20(21(26)24(4)5)15-17-11-13-19(14-12-17)29-16-18-9-7-6-8-10-18/h6-14,20H,15-16H2,1-5H3,(H,27,28)/t20-/m0/s1. The highest BCUT2D eigenvalue weighted by Gasteiger charge is 2.38. The van der Waals surface area contributed by atoms with Gasteiger partial charge in [-0.15, -0.1) is 0 Å². The van der Waals surface area contributed by atoms with E-state index in [0.29, 0.717) is 13.0 Å². The number of likely N-dealkylation sites (N-methyl/N-ethyl adjacent to an activating group) is 1. The molecule has 0 fully saturated rings. The van der Waals surface area contributed by atoms with Gasteiger partial charge in [0.25, 0.3) is 0 Å². The van der Waals surface area contributed by atoms with E-state index >= 15 is 0 Å². The molecule has 2 aromatic carbocycles. The van der Waals surface area contributed by atoms with Crippen LogP contribution in [0, 0.1) is 0 Å². The zero-order chi connectivity index (χ0) is 21.6. The van der Waals surface area contributed by atoms with Crippen molar-refractivity contribution in [2.24, 2.45) is 0 Å². The number of nitrogens with zero attached hydrogens (tertiary/aromatic N) is 2. The third-order valence-electron chi connectivity index (χ3n) is 4.57. The molecule has 0 spiro atoms. The first-order valence-electron chi connectivity index (χ1n) is 9.58. The molecule has 0 saturated carbocycles. The summed E-state index contributed by atoms with van der Waals surface area (Å²) in [4.78, 5) is 27.3. The lowest BCUT2D eigenvalue weighted by Crippen LogP contribution is -2.57. The number of ether oxygens (including phenoxy) is 1. The molecule has 0 heterocycles. The number of rotatable bonds is 7. The van der Waals surface area contributed by atoms with Gasteiger partial charge in [0.15, 0.2) is 0 Å². The Balaban J connectivity index is 2.16. The van der Waals surface area contributed by atoms with Crippen LogP contribution in [0.15, 0.2) is 54.6 Å². The van der Waals surface area contributed by atoms with Gasteiger partial charge in [-0.1, -0.05) is 42.5 Å². The van der Waals surface area contributed by atoms with E-state index in [1.165, 1.54) is 9.80 Å². The van der Waals surface area contributed by atoms with Gasteiger partial charge in [0.2, 0.25) is 5.91 Å². The Bertz CT molecular complexity index is 811. The molecule has 29 heavy (non-hydrogen) atoms. The smallest absolute Gasteiger partial charge is 0.408 e. The van der Waals surface area contributed by atoms with Gasteiger partial charge in [0.05, 0.1) is 0 Å². The predicted molar refractivity (Wildman–Crippen MR) is 113 cm³/mol. The normalized spacial score (nSPS) is 12.2. The van der Waals surface area contributed by atoms with Crippen molar-refractivity contribution in [1.82, 2.24) is 9.80 Å². The number of benzene rings is 2. The van der Waals surface area contributed by atoms with Gasteiger partial charge in [-0.2, -0.15) is 0 Å². The largest absolute Gasteiger partial charge is 0.489 e. The first-order chi connectivity index (χ1) is 13.6. The van der Waals surface area contributed by atoms with Crippen molar-refractivity contribution < 1.29 is 19.4 Å². The van der Waals surface area contributed by atoms with Gasteiger partial charge in [0.1, 0.15) is 18.4 Å². The molecule has 2 amide bonds. The Morgan fingerprint density at radius 3 is 2.03 bits per heavy atom. The van der Waals surface area contributed by atoms with Crippen LogP contribution in [-0.4, -0.2) is 52.6 Å². The number of amides is 2. The average molecular weight is 399 g/mol. The van der Waals surface area contributed by atoms with Gasteiger partial charge < -0.3 is 14.7 Å². The number of hydrogen-bond acceptors (Lipinski definition) is 3. The third kappa shape index (κ3) is 6.24. The molecule has 2 aromatic rings. The van der Waals surface area contributed by atoms with E-state index in [1.54, 1.807) is 34.9 Å². The number of carbonyl (C=O) groups is 2. The van der Waals surface area contributed by atoms with Crippen LogP contribution in [0.4, 0.5) is 4.79 Å². The van der Waals surface area contributed by atoms with Crippen molar-refractivity contribution in [2.75, 3.05) is 14.1 Å². The van der Waals surface area contributed by atoms with E-state index < -0.39 is 17.7 Å². The number of hydrogen-bond donors (Lipinski definition) is 1. The average Bonchev–Trinajstić information content (AvgIpc) is 2.65. The zero-order valence-corrected chi connectivity index (χ0v) is 17.8. The first kappa shape index (κ1) is 22.3. The summed E-state index contributed by atoms with van der Waals surface area (Å²) in [7, 11) is 3.27. The highest BCUT2D eigenvalue weighted by molar-refractivity contribution is 5.85. The second-order valence-corrected chi connectivity index (χ2v) is 8.19. The van der Waals surface area contributed by atoms with E-state index in [4.69, 9.17) is 4.74 Å². The number of carbonyl (C=O) groups excluding carboxylic acids is 1. The molecule has 1 N–H and O–H groups in total. The Labute approximate surface area is 172 Å². The van der Waals surface area contributed by atoms with Gasteiger partial charge >= 0.3 is 6.09 Å². The molecule has 1 atom stereocenters. The Morgan fingerprint density at radius 2 is 1.55 bits per heavy atom. The van der Waals surface area contributed by atoms with Crippen molar-refractivity contribution in [3.8, 4) is 5.75 Å². The molecule has 0 saturated heterocycles. The molecule has 0 aliphatic rings. The maximum Gasteiger partial charge on any atom is 0.408 e. The SMILES string of the molecule is CN(C)C(=O)[C@H](Cc1ccc(OCc2ccccc2)cc1)N(C(=O)O)C(C)(C)C. The van der Waals surface area contributed by atoms with Crippen LogP contribution in [0.1, 0.15) is 31.9 Å². The highest BCUT2D eigenvalue weighted by Crippen LogP contribution is 2.23. The summed E-state index contributed by atoms with van der Waals surface area (Å²) in [5.74, 6) is 0.478. The monoisotopic (exact) mass is 398 g/mol. The molecule has 0 aliphatic carbocycles. The predicted octanol–water partition coefficient (Wildman–Crippen LogP) is 4.04. The van der Waals surface area contributed by atoms with Crippen LogP contribution in [0.25, 0.3) is 0 Å². The van der Waals surface area contributed by atoms with Gasteiger partial charge in [-0.05, 0) is 44.0 Å². The molecule has 0 aliphatic heterocycles. The van der Waals surface area contributed by atoms with Crippen LogP contribution in [0.3, 0.4) is 0 Å². The molecule has 6 nitrogen and oxygen atoms in total. The van der Waals surface area contributed by atoms with E-state index in [-0.39, 0.29) is 5.91 Å². The second kappa shape index (κ2) is 9.45. The first-order valence-corrected chi connectivity index (χ1v) is 9.58. The van der Waals surface area contributed by atoms with Crippen molar-refractivity contribution in [3.05, 3.63) is 65.7 Å². The molecular weight excluding hydrogens is 368 g/mol. The van der Waals surface area contributed by atoms with E-state index in [9.17, 15) is 14.7 Å². The summed E-state index contributed by atoms with van der Waals surface area (Å²) >= 11 is 0. The molecular formula is C23H30N2O4. The summed E-state index contributed by atoms with van der Waals surface area (Å²) < 4.78 is 5.80. The second-order valence-electron chi connectivity index (χ2n) is 8.19. The summed E-state index contributed by atoms with van der Waals surface area (Å²) in [6.07, 6.45) is -0.819. The fourth-order valence-electron chi connectivity index (χ4n) is 3.16. The van der Waals surface area contributed by atoms with Crippen LogP contribution in [0.5, 0.6) is 5.75 Å². The van der Waals surface area contributed by atoms with Crippen molar-refractivity contribution in [3.63, 3.8) is 0 Å². The lowest BCUT2D eigenvalue weighted by molar-refractivity contribution is -0.135. The fourth-order valence-corrected chi connectivity index (χ4v) is 3.16. The topological polar surface area (TPSA) is 70.1 Å². The Hall–Kier alpha value is -3.02. The Kier molecular flexibility index (Phi) is 7.26. The van der Waals surface area contributed by atoms with Crippen molar-refractivity contribution >= 4 is 12.0 Å². The summed E-state index contributed by atoms with van der Waals surface area (Å²) in [5, 5.41) is 9.75. The summed E-state index contributed by atoms with van der Waals surface area (Å²) in [5.41, 5.74) is 1.24. The molecule has 6 heteroatoms. The molecule has 0 unspecified atom stereocenters. The minimum atomic E-state index is -1.11. The van der Waals surface area contributed by atoms with Crippen molar-refractivity contribution in [1.29, 1.82) is 0 Å².